The van der Waals surface area contributed by atoms with Crippen LogP contribution in [0.25, 0.3) is 0 Å². The number of rotatable bonds is 8. The summed E-state index contributed by atoms with van der Waals surface area (Å²) in [5, 5.41) is 19.3. The van der Waals surface area contributed by atoms with Gasteiger partial charge in [0.1, 0.15) is 30.8 Å². The standard InChI is InChI=1S/C17H19NO5/c18-12-4-3-5-14(8-12)23-10-13(19)9-22-11-17(21)15-6-1-2-7-16(15)20/h1-8,13,19-20H,9-11,18H2. The molecule has 0 aliphatic rings. The van der Waals surface area contributed by atoms with E-state index in [1.54, 1.807) is 36.4 Å². The summed E-state index contributed by atoms with van der Waals surface area (Å²) >= 11 is 0. The van der Waals surface area contributed by atoms with Gasteiger partial charge in [-0.1, -0.05) is 18.2 Å². The van der Waals surface area contributed by atoms with Crippen molar-refractivity contribution in [3.05, 3.63) is 54.1 Å². The molecule has 0 radical (unpaired) electrons. The van der Waals surface area contributed by atoms with Crippen LogP contribution in [0.4, 0.5) is 5.69 Å². The first kappa shape index (κ1) is 16.8. The second-order valence-electron chi connectivity index (χ2n) is 4.99. The number of nitrogen functional groups attached to an aromatic ring is 1. The number of anilines is 1. The van der Waals surface area contributed by atoms with Crippen LogP contribution in [0.2, 0.25) is 0 Å². The summed E-state index contributed by atoms with van der Waals surface area (Å²) in [6.07, 6.45) is -0.881. The summed E-state index contributed by atoms with van der Waals surface area (Å²) in [7, 11) is 0. The van der Waals surface area contributed by atoms with Crippen molar-refractivity contribution in [3.63, 3.8) is 0 Å². The van der Waals surface area contributed by atoms with E-state index in [1.807, 2.05) is 0 Å². The van der Waals surface area contributed by atoms with Crippen LogP contribution in [-0.2, 0) is 4.74 Å². The molecule has 0 saturated carbocycles. The molecule has 1 unspecified atom stereocenters. The molecular formula is C17H19NO5. The monoisotopic (exact) mass is 317 g/mol. The van der Waals surface area contributed by atoms with Gasteiger partial charge in [0.2, 0.25) is 0 Å². The molecule has 4 N–H and O–H groups in total. The molecule has 0 aromatic heterocycles. The van der Waals surface area contributed by atoms with E-state index in [0.717, 1.165) is 0 Å². The van der Waals surface area contributed by atoms with Gasteiger partial charge in [-0.2, -0.15) is 0 Å². The van der Waals surface area contributed by atoms with Crippen LogP contribution < -0.4 is 10.5 Å². The van der Waals surface area contributed by atoms with Crippen molar-refractivity contribution >= 4 is 11.5 Å². The van der Waals surface area contributed by atoms with E-state index in [-0.39, 0.29) is 36.9 Å². The third-order valence-corrected chi connectivity index (χ3v) is 3.05. The first-order valence-corrected chi connectivity index (χ1v) is 7.11. The van der Waals surface area contributed by atoms with E-state index in [1.165, 1.54) is 12.1 Å². The molecule has 2 rings (SSSR count). The molecule has 2 aromatic carbocycles. The van der Waals surface area contributed by atoms with Gasteiger partial charge in [0, 0.05) is 11.8 Å². The van der Waals surface area contributed by atoms with Gasteiger partial charge in [0.25, 0.3) is 0 Å². The Hall–Kier alpha value is -2.57. The molecule has 2 aromatic rings. The summed E-state index contributed by atoms with van der Waals surface area (Å²) < 4.78 is 10.5. The summed E-state index contributed by atoms with van der Waals surface area (Å²) in [5.41, 5.74) is 6.38. The highest BCUT2D eigenvalue weighted by molar-refractivity contribution is 5.99. The molecule has 1 atom stereocenters. The highest BCUT2D eigenvalue weighted by Gasteiger charge is 2.12. The summed E-state index contributed by atoms with van der Waals surface area (Å²) in [6.45, 7) is -0.261. The van der Waals surface area contributed by atoms with Crippen molar-refractivity contribution in [1.29, 1.82) is 0 Å². The largest absolute Gasteiger partial charge is 0.507 e. The Morgan fingerprint density at radius 1 is 1.13 bits per heavy atom. The molecule has 0 aliphatic heterocycles. The molecule has 0 saturated heterocycles. The Morgan fingerprint density at radius 3 is 2.65 bits per heavy atom. The molecule has 0 aliphatic carbocycles. The number of carbonyl (C=O) groups is 1. The molecule has 0 amide bonds. The summed E-state index contributed by atoms with van der Waals surface area (Å²) in [4.78, 5) is 11.9. The lowest BCUT2D eigenvalue weighted by atomic mass is 10.1. The Morgan fingerprint density at radius 2 is 1.91 bits per heavy atom. The van der Waals surface area contributed by atoms with E-state index in [4.69, 9.17) is 15.2 Å². The van der Waals surface area contributed by atoms with Crippen LogP contribution in [0, 0.1) is 0 Å². The maximum Gasteiger partial charge on any atom is 0.192 e. The zero-order valence-electron chi connectivity index (χ0n) is 12.5. The average molecular weight is 317 g/mol. The van der Waals surface area contributed by atoms with E-state index in [0.29, 0.717) is 11.4 Å². The molecule has 0 heterocycles. The molecule has 122 valence electrons. The molecule has 6 nitrogen and oxygen atoms in total. The maximum atomic E-state index is 11.9. The first-order chi connectivity index (χ1) is 11.1. The van der Waals surface area contributed by atoms with Crippen molar-refractivity contribution in [2.45, 2.75) is 6.10 Å². The number of phenols is 1. The Kier molecular flexibility index (Phi) is 5.96. The van der Waals surface area contributed by atoms with Crippen molar-refractivity contribution < 1.29 is 24.5 Å². The smallest absolute Gasteiger partial charge is 0.192 e. The second kappa shape index (κ2) is 8.17. The Labute approximate surface area is 134 Å². The number of hydrogen-bond donors (Lipinski definition) is 3. The quantitative estimate of drug-likeness (QED) is 0.505. The van der Waals surface area contributed by atoms with E-state index >= 15 is 0 Å². The van der Waals surface area contributed by atoms with Crippen molar-refractivity contribution in [2.24, 2.45) is 0 Å². The van der Waals surface area contributed by atoms with Gasteiger partial charge in [-0.25, -0.2) is 0 Å². The number of hydrogen-bond acceptors (Lipinski definition) is 6. The van der Waals surface area contributed by atoms with Gasteiger partial charge < -0.3 is 25.4 Å². The minimum absolute atomic E-state index is 0.0221. The normalized spacial score (nSPS) is 11.9. The minimum Gasteiger partial charge on any atom is -0.507 e. The molecule has 0 spiro atoms. The zero-order chi connectivity index (χ0) is 16.7. The van der Waals surface area contributed by atoms with Gasteiger partial charge in [-0.3, -0.25) is 4.79 Å². The first-order valence-electron chi connectivity index (χ1n) is 7.11. The number of para-hydroxylation sites is 1. The third-order valence-electron chi connectivity index (χ3n) is 3.05. The van der Waals surface area contributed by atoms with Crippen LogP contribution >= 0.6 is 0 Å². The number of phenolic OH excluding ortho intramolecular Hbond substituents is 1. The highest BCUT2D eigenvalue weighted by atomic mass is 16.5. The van der Waals surface area contributed by atoms with Gasteiger partial charge in [0.15, 0.2) is 5.78 Å². The third kappa shape index (κ3) is 5.28. The fraction of sp³-hybridized carbons (Fsp3) is 0.235. The van der Waals surface area contributed by atoms with Gasteiger partial charge in [-0.15, -0.1) is 0 Å². The summed E-state index contributed by atoms with van der Waals surface area (Å²) in [5.74, 6) is 0.105. The Balaban J connectivity index is 1.71. The van der Waals surface area contributed by atoms with Crippen molar-refractivity contribution in [3.8, 4) is 11.5 Å². The number of aliphatic hydroxyl groups excluding tert-OH is 1. The molecule has 0 bridgehead atoms. The topological polar surface area (TPSA) is 102 Å². The van der Waals surface area contributed by atoms with Gasteiger partial charge >= 0.3 is 0 Å². The number of ketones is 1. The molecule has 0 fully saturated rings. The predicted molar refractivity (Wildman–Crippen MR) is 85.6 cm³/mol. The maximum absolute atomic E-state index is 11.9. The number of nitrogens with two attached hydrogens (primary N) is 1. The SMILES string of the molecule is Nc1cccc(OCC(O)COCC(=O)c2ccccc2O)c1. The second-order valence-corrected chi connectivity index (χ2v) is 4.99. The van der Waals surface area contributed by atoms with Crippen molar-refractivity contribution in [1.82, 2.24) is 0 Å². The number of aliphatic hydroxyl groups is 1. The minimum atomic E-state index is -0.881. The molecule has 23 heavy (non-hydrogen) atoms. The lowest BCUT2D eigenvalue weighted by Crippen LogP contribution is -2.25. The van der Waals surface area contributed by atoms with Crippen LogP contribution in [-0.4, -0.2) is 41.9 Å². The summed E-state index contributed by atoms with van der Waals surface area (Å²) in [6, 6.07) is 13.1. The van der Waals surface area contributed by atoms with Gasteiger partial charge in [-0.05, 0) is 24.3 Å². The lowest BCUT2D eigenvalue weighted by Gasteiger charge is -2.13. The highest BCUT2D eigenvalue weighted by Crippen LogP contribution is 2.16. The lowest BCUT2D eigenvalue weighted by molar-refractivity contribution is 0.0143. The number of Topliss-reactive ketones (excluding diaryl/α,β-unsaturated/α-hetero) is 1. The number of carbonyl (C=O) groups excluding carboxylic acids is 1. The van der Waals surface area contributed by atoms with E-state index in [9.17, 15) is 15.0 Å². The predicted octanol–water partition coefficient (Wildman–Crippen LogP) is 1.61. The van der Waals surface area contributed by atoms with Crippen molar-refractivity contribution in [2.75, 3.05) is 25.6 Å². The van der Waals surface area contributed by atoms with Crippen LogP contribution in [0.3, 0.4) is 0 Å². The fourth-order valence-corrected chi connectivity index (χ4v) is 1.92. The fourth-order valence-electron chi connectivity index (χ4n) is 1.92. The van der Waals surface area contributed by atoms with Gasteiger partial charge in [0.05, 0.1) is 12.2 Å². The number of benzene rings is 2. The molecular weight excluding hydrogens is 298 g/mol. The van der Waals surface area contributed by atoms with E-state index < -0.39 is 6.10 Å². The van der Waals surface area contributed by atoms with Crippen LogP contribution in [0.15, 0.2) is 48.5 Å². The number of aromatic hydroxyl groups is 1. The Bertz CT molecular complexity index is 659. The average Bonchev–Trinajstić information content (AvgIpc) is 2.53. The van der Waals surface area contributed by atoms with Crippen LogP contribution in [0.1, 0.15) is 10.4 Å². The zero-order valence-corrected chi connectivity index (χ0v) is 12.5. The number of ether oxygens (including phenoxy) is 2. The molecule has 6 heteroatoms. The van der Waals surface area contributed by atoms with Crippen LogP contribution in [0.5, 0.6) is 11.5 Å². The van der Waals surface area contributed by atoms with E-state index in [2.05, 4.69) is 0 Å².